The van der Waals surface area contributed by atoms with Gasteiger partial charge in [-0.05, 0) is 54.8 Å². The SMILES string of the molecule is CNC(=O)c1ccc(NC(=O)C2(c3cccc(F)c3)CCC2)cc1. The molecule has 0 aliphatic heterocycles. The lowest BCUT2D eigenvalue weighted by Gasteiger charge is -2.40. The molecule has 1 saturated carbocycles. The maximum absolute atomic E-state index is 13.5. The molecule has 0 heterocycles. The highest BCUT2D eigenvalue weighted by molar-refractivity contribution is 6.00. The van der Waals surface area contributed by atoms with Gasteiger partial charge < -0.3 is 10.6 Å². The standard InChI is InChI=1S/C19H19FN2O2/c1-21-17(23)13-6-8-16(9-7-13)22-18(24)19(10-3-11-19)14-4-2-5-15(20)12-14/h2,4-9,12H,3,10-11H2,1H3,(H,21,23)(H,22,24). The lowest BCUT2D eigenvalue weighted by molar-refractivity contribution is -0.124. The highest BCUT2D eigenvalue weighted by atomic mass is 19.1. The Hall–Kier alpha value is -2.69. The van der Waals surface area contributed by atoms with Crippen LogP contribution in [-0.4, -0.2) is 18.9 Å². The number of hydrogen-bond donors (Lipinski definition) is 2. The molecular weight excluding hydrogens is 307 g/mol. The van der Waals surface area contributed by atoms with Gasteiger partial charge in [-0.15, -0.1) is 0 Å². The molecule has 1 fully saturated rings. The predicted molar refractivity (Wildman–Crippen MR) is 90.4 cm³/mol. The van der Waals surface area contributed by atoms with Gasteiger partial charge in [0.15, 0.2) is 0 Å². The zero-order valence-corrected chi connectivity index (χ0v) is 13.4. The fraction of sp³-hybridized carbons (Fsp3) is 0.263. The highest BCUT2D eigenvalue weighted by Crippen LogP contribution is 2.44. The summed E-state index contributed by atoms with van der Waals surface area (Å²) in [6.07, 6.45) is 2.36. The van der Waals surface area contributed by atoms with Gasteiger partial charge in [-0.25, -0.2) is 4.39 Å². The van der Waals surface area contributed by atoms with Crippen molar-refractivity contribution in [1.29, 1.82) is 0 Å². The number of anilines is 1. The zero-order valence-electron chi connectivity index (χ0n) is 13.4. The smallest absolute Gasteiger partial charge is 0.251 e. The summed E-state index contributed by atoms with van der Waals surface area (Å²) in [4.78, 5) is 24.3. The third-order valence-electron chi connectivity index (χ3n) is 4.65. The molecule has 0 radical (unpaired) electrons. The second kappa shape index (κ2) is 6.43. The predicted octanol–water partition coefficient (Wildman–Crippen LogP) is 3.25. The van der Waals surface area contributed by atoms with Gasteiger partial charge in [0.1, 0.15) is 5.82 Å². The molecule has 2 aromatic rings. The highest BCUT2D eigenvalue weighted by Gasteiger charge is 2.45. The van der Waals surface area contributed by atoms with E-state index in [-0.39, 0.29) is 17.6 Å². The largest absolute Gasteiger partial charge is 0.355 e. The number of hydrogen-bond acceptors (Lipinski definition) is 2. The van der Waals surface area contributed by atoms with Crippen LogP contribution in [0.2, 0.25) is 0 Å². The van der Waals surface area contributed by atoms with Crippen LogP contribution in [0.3, 0.4) is 0 Å². The number of halogens is 1. The first-order valence-electron chi connectivity index (χ1n) is 7.95. The first kappa shape index (κ1) is 16.2. The molecule has 24 heavy (non-hydrogen) atoms. The Kier molecular flexibility index (Phi) is 4.34. The summed E-state index contributed by atoms with van der Waals surface area (Å²) in [7, 11) is 1.57. The minimum atomic E-state index is -0.665. The number of nitrogens with one attached hydrogen (secondary N) is 2. The minimum Gasteiger partial charge on any atom is -0.355 e. The Morgan fingerprint density at radius 2 is 1.79 bits per heavy atom. The summed E-state index contributed by atoms with van der Waals surface area (Å²) in [5.41, 5.74) is 1.20. The van der Waals surface area contributed by atoms with Crippen molar-refractivity contribution in [2.45, 2.75) is 24.7 Å². The lowest BCUT2D eigenvalue weighted by Crippen LogP contribution is -2.46. The van der Waals surface area contributed by atoms with Crippen molar-refractivity contribution in [3.63, 3.8) is 0 Å². The fourth-order valence-corrected chi connectivity index (χ4v) is 3.06. The minimum absolute atomic E-state index is 0.132. The quantitative estimate of drug-likeness (QED) is 0.906. The van der Waals surface area contributed by atoms with E-state index in [1.165, 1.54) is 12.1 Å². The molecule has 0 aromatic heterocycles. The fourth-order valence-electron chi connectivity index (χ4n) is 3.06. The average Bonchev–Trinajstić information content (AvgIpc) is 2.54. The molecule has 4 nitrogen and oxygen atoms in total. The van der Waals surface area contributed by atoms with Crippen LogP contribution in [0.25, 0.3) is 0 Å². The molecule has 3 rings (SSSR count). The summed E-state index contributed by atoms with van der Waals surface area (Å²) >= 11 is 0. The van der Waals surface area contributed by atoms with Gasteiger partial charge in [-0.1, -0.05) is 18.6 Å². The van der Waals surface area contributed by atoms with Crippen LogP contribution >= 0.6 is 0 Å². The first-order chi connectivity index (χ1) is 11.5. The molecule has 0 atom stereocenters. The van der Waals surface area contributed by atoms with E-state index in [2.05, 4.69) is 10.6 Å². The van der Waals surface area contributed by atoms with Crippen molar-refractivity contribution < 1.29 is 14.0 Å². The van der Waals surface area contributed by atoms with Crippen LogP contribution in [0.4, 0.5) is 10.1 Å². The number of amides is 2. The molecule has 1 aliphatic carbocycles. The van der Waals surface area contributed by atoms with Crippen LogP contribution < -0.4 is 10.6 Å². The third kappa shape index (κ3) is 2.89. The van der Waals surface area contributed by atoms with E-state index in [0.29, 0.717) is 29.7 Å². The van der Waals surface area contributed by atoms with Gasteiger partial charge in [-0.2, -0.15) is 0 Å². The van der Waals surface area contributed by atoms with Crippen LogP contribution in [0.1, 0.15) is 35.2 Å². The van der Waals surface area contributed by atoms with Crippen LogP contribution in [0.5, 0.6) is 0 Å². The number of benzene rings is 2. The number of rotatable bonds is 4. The van der Waals surface area contributed by atoms with Crippen molar-refractivity contribution in [1.82, 2.24) is 5.32 Å². The van der Waals surface area contributed by atoms with Gasteiger partial charge >= 0.3 is 0 Å². The molecule has 0 unspecified atom stereocenters. The summed E-state index contributed by atoms with van der Waals surface area (Å²) in [6, 6.07) is 13.0. The summed E-state index contributed by atoms with van der Waals surface area (Å²) in [5.74, 6) is -0.642. The maximum Gasteiger partial charge on any atom is 0.251 e. The summed E-state index contributed by atoms with van der Waals surface area (Å²) in [6.45, 7) is 0. The van der Waals surface area contributed by atoms with Gasteiger partial charge in [0.05, 0.1) is 5.41 Å². The van der Waals surface area contributed by atoms with E-state index in [1.807, 2.05) is 0 Å². The third-order valence-corrected chi connectivity index (χ3v) is 4.65. The van der Waals surface area contributed by atoms with E-state index in [9.17, 15) is 14.0 Å². The van der Waals surface area contributed by atoms with Crippen LogP contribution in [0, 0.1) is 5.82 Å². The number of carbonyl (C=O) groups excluding carboxylic acids is 2. The Bertz CT molecular complexity index is 767. The van der Waals surface area contributed by atoms with Gasteiger partial charge in [0.25, 0.3) is 5.91 Å². The van der Waals surface area contributed by atoms with Crippen LogP contribution in [0.15, 0.2) is 48.5 Å². The van der Waals surface area contributed by atoms with Crippen molar-refractivity contribution in [3.8, 4) is 0 Å². The lowest BCUT2D eigenvalue weighted by atomic mass is 9.63. The van der Waals surface area contributed by atoms with Gasteiger partial charge in [-0.3, -0.25) is 9.59 Å². The Morgan fingerprint density at radius 3 is 2.33 bits per heavy atom. The molecule has 0 spiro atoms. The monoisotopic (exact) mass is 326 g/mol. The Balaban J connectivity index is 1.79. The normalized spacial score (nSPS) is 15.2. The molecule has 2 aromatic carbocycles. The zero-order chi connectivity index (χ0) is 17.2. The van der Waals surface area contributed by atoms with Crippen LogP contribution in [-0.2, 0) is 10.2 Å². The van der Waals surface area contributed by atoms with E-state index in [1.54, 1.807) is 43.4 Å². The number of carbonyl (C=O) groups is 2. The van der Waals surface area contributed by atoms with E-state index < -0.39 is 5.41 Å². The topological polar surface area (TPSA) is 58.2 Å². The summed E-state index contributed by atoms with van der Waals surface area (Å²) < 4.78 is 13.5. The molecule has 2 N–H and O–H groups in total. The summed E-state index contributed by atoms with van der Waals surface area (Å²) in [5, 5.41) is 5.44. The molecule has 0 saturated heterocycles. The van der Waals surface area contributed by atoms with E-state index in [0.717, 1.165) is 6.42 Å². The molecular formula is C19H19FN2O2. The van der Waals surface area contributed by atoms with Crippen molar-refractivity contribution >= 4 is 17.5 Å². The molecule has 2 amide bonds. The Labute approximate surface area is 140 Å². The van der Waals surface area contributed by atoms with Gasteiger partial charge in [0.2, 0.25) is 5.91 Å². The molecule has 1 aliphatic rings. The molecule has 5 heteroatoms. The van der Waals surface area contributed by atoms with E-state index in [4.69, 9.17) is 0 Å². The Morgan fingerprint density at radius 1 is 1.08 bits per heavy atom. The van der Waals surface area contributed by atoms with Crippen molar-refractivity contribution in [3.05, 3.63) is 65.5 Å². The van der Waals surface area contributed by atoms with Crippen molar-refractivity contribution in [2.24, 2.45) is 0 Å². The molecule has 124 valence electrons. The maximum atomic E-state index is 13.5. The van der Waals surface area contributed by atoms with Crippen molar-refractivity contribution in [2.75, 3.05) is 12.4 Å². The van der Waals surface area contributed by atoms with Gasteiger partial charge in [0, 0.05) is 18.3 Å². The molecule has 0 bridgehead atoms. The second-order valence-electron chi connectivity index (χ2n) is 6.06. The van der Waals surface area contributed by atoms with E-state index >= 15 is 0 Å². The average molecular weight is 326 g/mol. The second-order valence-corrected chi connectivity index (χ2v) is 6.06. The first-order valence-corrected chi connectivity index (χ1v) is 7.95.